The molecule has 3 aliphatic heterocycles. The molecule has 170 valence electrons. The summed E-state index contributed by atoms with van der Waals surface area (Å²) in [5.74, 6) is 1.02. The fourth-order valence-electron chi connectivity index (χ4n) is 5.46. The first-order chi connectivity index (χ1) is 14.8. The van der Waals surface area contributed by atoms with Crippen LogP contribution in [0.3, 0.4) is 0 Å². The van der Waals surface area contributed by atoms with Crippen LogP contribution in [0.5, 0.6) is 0 Å². The molecule has 0 radical (unpaired) electrons. The average molecular weight is 430 g/mol. The van der Waals surface area contributed by atoms with Gasteiger partial charge in [-0.1, -0.05) is 0 Å². The fraction of sp³-hybridized carbons (Fsp3) is 0.739. The van der Waals surface area contributed by atoms with Gasteiger partial charge in [-0.05, 0) is 53.2 Å². The third-order valence-electron chi connectivity index (χ3n) is 7.04. The summed E-state index contributed by atoms with van der Waals surface area (Å²) in [5, 5.41) is 0. The summed E-state index contributed by atoms with van der Waals surface area (Å²) >= 11 is 0. The van der Waals surface area contributed by atoms with E-state index in [1.54, 1.807) is 0 Å². The van der Waals surface area contributed by atoms with Gasteiger partial charge in [-0.3, -0.25) is 14.4 Å². The van der Waals surface area contributed by atoms with Crippen LogP contribution in [-0.4, -0.2) is 82.9 Å². The number of rotatable bonds is 6. The topological polar surface area (TPSA) is 78.8 Å². The van der Waals surface area contributed by atoms with Gasteiger partial charge in [0.25, 0.3) is 5.56 Å². The molecule has 0 saturated carbocycles. The smallest absolute Gasteiger partial charge is 0.276 e. The maximum atomic E-state index is 13.3. The molecule has 3 aliphatic rings. The van der Waals surface area contributed by atoms with E-state index in [1.165, 1.54) is 0 Å². The minimum Gasteiger partial charge on any atom is -0.342 e. The Hall–Kier alpha value is -2.22. The first-order valence-corrected chi connectivity index (χ1v) is 11.7. The molecule has 1 aromatic heterocycles. The number of fused-ring (bicyclic) bond motifs is 1. The fourth-order valence-corrected chi connectivity index (χ4v) is 5.46. The van der Waals surface area contributed by atoms with Gasteiger partial charge >= 0.3 is 0 Å². The van der Waals surface area contributed by atoms with Crippen LogP contribution in [0.25, 0.3) is 0 Å². The molecule has 2 saturated heterocycles. The van der Waals surface area contributed by atoms with E-state index in [9.17, 15) is 14.4 Å². The number of piperidine rings is 1. The number of carbonyl (C=O) groups excluding carboxylic acids is 2. The summed E-state index contributed by atoms with van der Waals surface area (Å²) in [6, 6.07) is 0. The van der Waals surface area contributed by atoms with E-state index in [2.05, 4.69) is 14.5 Å². The normalized spacial score (nSPS) is 23.7. The summed E-state index contributed by atoms with van der Waals surface area (Å²) in [6.07, 6.45) is 5.03. The Morgan fingerprint density at radius 1 is 1.16 bits per heavy atom. The quantitative estimate of drug-likeness (QED) is 0.674. The third-order valence-corrected chi connectivity index (χ3v) is 7.04. The van der Waals surface area contributed by atoms with Crippen molar-refractivity contribution in [1.82, 2.24) is 24.3 Å². The zero-order chi connectivity index (χ0) is 22.1. The number of aromatic nitrogens is 2. The number of hydrogen-bond donors (Lipinski definition) is 0. The van der Waals surface area contributed by atoms with E-state index in [1.807, 2.05) is 30.8 Å². The highest BCUT2D eigenvalue weighted by molar-refractivity contribution is 5.89. The largest absolute Gasteiger partial charge is 0.342 e. The van der Waals surface area contributed by atoms with E-state index >= 15 is 0 Å². The number of aryl methyl sites for hydroxylation is 1. The SMILES string of the molecule is Cc1c(C2CCCN(C(=O)C3CC(=O)N(CCCN(C)C)C3)C2)n2c(nc1=O)CCC2. The predicted molar refractivity (Wildman–Crippen MR) is 118 cm³/mol. The number of likely N-dealkylation sites (tertiary alicyclic amines) is 2. The molecular formula is C23H35N5O3. The standard InChI is InChI=1S/C23H35N5O3/c1-16-21(28-12-5-8-19(28)24-22(16)30)17-7-4-10-27(14-17)23(31)18-13-20(29)26(15-18)11-6-9-25(2)3/h17-18H,4-15H2,1-3H3. The lowest BCUT2D eigenvalue weighted by molar-refractivity contribution is -0.137. The van der Waals surface area contributed by atoms with Crippen molar-refractivity contribution in [3.8, 4) is 0 Å². The number of nitrogens with zero attached hydrogens (tertiary/aromatic N) is 5. The molecule has 8 nitrogen and oxygen atoms in total. The second kappa shape index (κ2) is 9.10. The molecule has 2 atom stereocenters. The zero-order valence-corrected chi connectivity index (χ0v) is 19.1. The molecular weight excluding hydrogens is 394 g/mol. The van der Waals surface area contributed by atoms with E-state index in [-0.39, 0.29) is 29.2 Å². The first kappa shape index (κ1) is 22.0. The maximum absolute atomic E-state index is 13.3. The van der Waals surface area contributed by atoms with Gasteiger partial charge in [-0.15, -0.1) is 0 Å². The maximum Gasteiger partial charge on any atom is 0.276 e. The molecule has 4 heterocycles. The second-order valence-electron chi connectivity index (χ2n) is 9.62. The van der Waals surface area contributed by atoms with Crippen LogP contribution in [0.2, 0.25) is 0 Å². The van der Waals surface area contributed by atoms with E-state index < -0.39 is 0 Å². The molecule has 0 spiro atoms. The monoisotopic (exact) mass is 429 g/mol. The summed E-state index contributed by atoms with van der Waals surface area (Å²) in [6.45, 7) is 6.34. The van der Waals surface area contributed by atoms with Crippen LogP contribution < -0.4 is 5.56 Å². The van der Waals surface area contributed by atoms with Crippen molar-refractivity contribution < 1.29 is 9.59 Å². The van der Waals surface area contributed by atoms with Gasteiger partial charge in [-0.2, -0.15) is 4.98 Å². The number of hydrogen-bond acceptors (Lipinski definition) is 5. The molecule has 0 bridgehead atoms. The Kier molecular flexibility index (Phi) is 6.46. The first-order valence-electron chi connectivity index (χ1n) is 11.7. The van der Waals surface area contributed by atoms with Gasteiger partial charge in [-0.25, -0.2) is 0 Å². The molecule has 1 aromatic rings. The summed E-state index contributed by atoms with van der Waals surface area (Å²) in [4.78, 5) is 48.3. The molecule has 4 rings (SSSR count). The minimum absolute atomic E-state index is 0.0972. The molecule has 2 fully saturated rings. The molecule has 2 amide bonds. The minimum atomic E-state index is -0.238. The number of carbonyl (C=O) groups is 2. The Bertz CT molecular complexity index is 909. The molecule has 0 aromatic carbocycles. The zero-order valence-electron chi connectivity index (χ0n) is 19.1. The van der Waals surface area contributed by atoms with Gasteiger partial charge in [0.05, 0.1) is 5.92 Å². The lowest BCUT2D eigenvalue weighted by atomic mass is 9.91. The van der Waals surface area contributed by atoms with Crippen molar-refractivity contribution in [2.24, 2.45) is 5.92 Å². The second-order valence-corrected chi connectivity index (χ2v) is 9.62. The Morgan fingerprint density at radius 2 is 1.97 bits per heavy atom. The van der Waals surface area contributed by atoms with Crippen LogP contribution in [0.1, 0.15) is 55.1 Å². The summed E-state index contributed by atoms with van der Waals surface area (Å²) in [5.41, 5.74) is 1.69. The van der Waals surface area contributed by atoms with Crippen LogP contribution in [0, 0.1) is 12.8 Å². The van der Waals surface area contributed by atoms with Crippen LogP contribution >= 0.6 is 0 Å². The number of amides is 2. The van der Waals surface area contributed by atoms with Crippen LogP contribution in [0.15, 0.2) is 4.79 Å². The lowest BCUT2D eigenvalue weighted by Crippen LogP contribution is -2.44. The van der Waals surface area contributed by atoms with Gasteiger partial charge < -0.3 is 19.3 Å². The average Bonchev–Trinajstić information content (AvgIpc) is 3.34. The van der Waals surface area contributed by atoms with E-state index in [4.69, 9.17) is 0 Å². The molecule has 31 heavy (non-hydrogen) atoms. The van der Waals surface area contributed by atoms with E-state index in [0.29, 0.717) is 26.1 Å². The lowest BCUT2D eigenvalue weighted by Gasteiger charge is -2.35. The van der Waals surface area contributed by atoms with Crippen molar-refractivity contribution in [2.75, 3.05) is 46.8 Å². The Morgan fingerprint density at radius 3 is 2.74 bits per heavy atom. The highest BCUT2D eigenvalue weighted by Crippen LogP contribution is 2.32. The van der Waals surface area contributed by atoms with Crippen molar-refractivity contribution in [1.29, 1.82) is 0 Å². The molecule has 0 aliphatic carbocycles. The van der Waals surface area contributed by atoms with Gasteiger partial charge in [0.1, 0.15) is 5.82 Å². The third kappa shape index (κ3) is 4.54. The van der Waals surface area contributed by atoms with Gasteiger partial charge in [0, 0.05) is 62.7 Å². The predicted octanol–water partition coefficient (Wildman–Crippen LogP) is 1.00. The summed E-state index contributed by atoms with van der Waals surface area (Å²) in [7, 11) is 4.05. The van der Waals surface area contributed by atoms with Crippen LogP contribution in [-0.2, 0) is 22.6 Å². The van der Waals surface area contributed by atoms with Crippen molar-refractivity contribution in [3.63, 3.8) is 0 Å². The highest BCUT2D eigenvalue weighted by Gasteiger charge is 2.38. The molecule has 2 unspecified atom stereocenters. The van der Waals surface area contributed by atoms with Crippen molar-refractivity contribution in [2.45, 2.75) is 57.9 Å². The van der Waals surface area contributed by atoms with E-state index in [0.717, 1.165) is 68.8 Å². The summed E-state index contributed by atoms with van der Waals surface area (Å²) < 4.78 is 2.22. The van der Waals surface area contributed by atoms with Gasteiger partial charge in [0.2, 0.25) is 11.8 Å². The Labute approximate surface area is 184 Å². The van der Waals surface area contributed by atoms with Crippen LogP contribution in [0.4, 0.5) is 0 Å². The van der Waals surface area contributed by atoms with Gasteiger partial charge in [0.15, 0.2) is 0 Å². The highest BCUT2D eigenvalue weighted by atomic mass is 16.2. The Balaban J connectivity index is 1.43. The molecule has 0 N–H and O–H groups in total. The molecule has 8 heteroatoms. The van der Waals surface area contributed by atoms with Crippen molar-refractivity contribution in [3.05, 3.63) is 27.4 Å². The van der Waals surface area contributed by atoms with Crippen molar-refractivity contribution >= 4 is 11.8 Å².